The molecule has 0 saturated heterocycles. The van der Waals surface area contributed by atoms with Gasteiger partial charge in [0.25, 0.3) is 0 Å². The summed E-state index contributed by atoms with van der Waals surface area (Å²) in [4.78, 5) is 12.3. The van der Waals surface area contributed by atoms with Gasteiger partial charge < -0.3 is 5.32 Å². The summed E-state index contributed by atoms with van der Waals surface area (Å²) in [6, 6.07) is 21.0. The van der Waals surface area contributed by atoms with E-state index in [-0.39, 0.29) is 11.3 Å². The molecule has 0 unspecified atom stereocenters. The third-order valence-electron chi connectivity index (χ3n) is 5.48. The molecule has 1 aliphatic carbocycles. The Bertz CT molecular complexity index is 644. The molecule has 1 amide bonds. The van der Waals surface area contributed by atoms with Crippen LogP contribution in [0.25, 0.3) is 0 Å². The second kappa shape index (κ2) is 8.84. The molecule has 132 valence electrons. The first-order chi connectivity index (χ1) is 12.3. The molecule has 0 aromatic heterocycles. The highest BCUT2D eigenvalue weighted by molar-refractivity contribution is 5.76. The summed E-state index contributed by atoms with van der Waals surface area (Å²) in [6.45, 7) is 0.815. The van der Waals surface area contributed by atoms with Crippen LogP contribution < -0.4 is 5.32 Å². The molecule has 0 aliphatic heterocycles. The minimum absolute atomic E-state index is 0.182. The molecule has 1 saturated carbocycles. The largest absolute Gasteiger partial charge is 0.356 e. The van der Waals surface area contributed by atoms with Gasteiger partial charge in [0.05, 0.1) is 0 Å². The molecule has 0 atom stereocenters. The van der Waals surface area contributed by atoms with Crippen LogP contribution in [0.2, 0.25) is 0 Å². The lowest BCUT2D eigenvalue weighted by molar-refractivity contribution is -0.121. The Hall–Kier alpha value is -2.09. The van der Waals surface area contributed by atoms with E-state index in [1.54, 1.807) is 0 Å². The summed E-state index contributed by atoms with van der Waals surface area (Å²) in [5.74, 6) is 0.182. The van der Waals surface area contributed by atoms with Crippen molar-refractivity contribution >= 4 is 5.91 Å². The fourth-order valence-electron chi connectivity index (χ4n) is 4.02. The third-order valence-corrected chi connectivity index (χ3v) is 5.48. The van der Waals surface area contributed by atoms with Gasteiger partial charge in [-0.15, -0.1) is 0 Å². The Balaban J connectivity index is 1.54. The smallest absolute Gasteiger partial charge is 0.220 e. The molecule has 2 aromatic carbocycles. The van der Waals surface area contributed by atoms with E-state index < -0.39 is 0 Å². The Morgan fingerprint density at radius 1 is 0.840 bits per heavy atom. The van der Waals surface area contributed by atoms with Gasteiger partial charge >= 0.3 is 0 Å². The lowest BCUT2D eigenvalue weighted by Gasteiger charge is -2.38. The van der Waals surface area contributed by atoms with Crippen molar-refractivity contribution in [2.75, 3.05) is 6.54 Å². The summed E-state index contributed by atoms with van der Waals surface area (Å²) in [5.41, 5.74) is 2.86. The number of hydrogen-bond donors (Lipinski definition) is 1. The van der Waals surface area contributed by atoms with Gasteiger partial charge in [0.1, 0.15) is 0 Å². The molecule has 0 bridgehead atoms. The van der Waals surface area contributed by atoms with Crippen molar-refractivity contribution in [3.63, 3.8) is 0 Å². The summed E-state index contributed by atoms with van der Waals surface area (Å²) in [7, 11) is 0. The number of nitrogens with one attached hydrogen (secondary N) is 1. The zero-order valence-corrected chi connectivity index (χ0v) is 15.0. The number of aryl methyl sites for hydroxylation is 1. The van der Waals surface area contributed by atoms with Gasteiger partial charge in [0, 0.05) is 13.0 Å². The maximum Gasteiger partial charge on any atom is 0.220 e. The van der Waals surface area contributed by atoms with Gasteiger partial charge in [-0.1, -0.05) is 79.9 Å². The van der Waals surface area contributed by atoms with Crippen molar-refractivity contribution in [1.82, 2.24) is 5.32 Å². The summed E-state index contributed by atoms with van der Waals surface area (Å²) in [5, 5.41) is 3.24. The van der Waals surface area contributed by atoms with Crippen LogP contribution in [0.15, 0.2) is 60.7 Å². The number of amides is 1. The summed E-state index contributed by atoms with van der Waals surface area (Å²) < 4.78 is 0. The molecule has 0 radical (unpaired) electrons. The third kappa shape index (κ3) is 5.45. The van der Waals surface area contributed by atoms with E-state index in [4.69, 9.17) is 0 Å². The number of hydrogen-bond acceptors (Lipinski definition) is 1. The van der Waals surface area contributed by atoms with Crippen molar-refractivity contribution in [3.8, 4) is 0 Å². The first-order valence-corrected chi connectivity index (χ1v) is 9.60. The zero-order chi connectivity index (χ0) is 17.4. The highest BCUT2D eigenvalue weighted by Crippen LogP contribution is 2.38. The van der Waals surface area contributed by atoms with E-state index in [2.05, 4.69) is 47.8 Å². The molecular weight excluding hydrogens is 306 g/mol. The molecule has 1 N–H and O–H groups in total. The fraction of sp³-hybridized carbons (Fsp3) is 0.435. The second-order valence-corrected chi connectivity index (χ2v) is 7.49. The number of carbonyl (C=O) groups is 1. The molecule has 2 heteroatoms. The number of rotatable bonds is 7. The van der Waals surface area contributed by atoms with Crippen molar-refractivity contribution < 1.29 is 4.79 Å². The molecule has 0 spiro atoms. The topological polar surface area (TPSA) is 29.1 Å². The van der Waals surface area contributed by atoms with Crippen LogP contribution in [-0.4, -0.2) is 12.5 Å². The van der Waals surface area contributed by atoms with E-state index in [0.717, 1.165) is 19.4 Å². The molecule has 2 nitrogen and oxygen atoms in total. The molecule has 3 rings (SSSR count). The van der Waals surface area contributed by atoms with Crippen LogP contribution in [0.4, 0.5) is 0 Å². The standard InChI is InChI=1S/C23H29NO/c25-22(15-14-20-10-4-1-5-11-20)24-19-23(16-8-3-9-17-23)18-21-12-6-2-7-13-21/h1-2,4-7,10-13H,3,8-9,14-19H2,(H,24,25). The van der Waals surface area contributed by atoms with Gasteiger partial charge in [0.15, 0.2) is 0 Å². The lowest BCUT2D eigenvalue weighted by Crippen LogP contribution is -2.40. The molecule has 0 heterocycles. The number of carbonyl (C=O) groups excluding carboxylic acids is 1. The SMILES string of the molecule is O=C(CCc1ccccc1)NCC1(Cc2ccccc2)CCCCC1. The quantitative estimate of drug-likeness (QED) is 0.764. The summed E-state index contributed by atoms with van der Waals surface area (Å²) >= 11 is 0. The Labute approximate surface area is 151 Å². The predicted octanol–water partition coefficient (Wildman–Crippen LogP) is 4.93. The summed E-state index contributed by atoms with van der Waals surface area (Å²) in [6.07, 6.45) is 8.82. The average Bonchev–Trinajstić information content (AvgIpc) is 2.67. The molecular formula is C23H29NO. The van der Waals surface area contributed by atoms with Gasteiger partial charge in [-0.3, -0.25) is 4.79 Å². The molecule has 25 heavy (non-hydrogen) atoms. The van der Waals surface area contributed by atoms with Crippen LogP contribution in [-0.2, 0) is 17.6 Å². The first-order valence-electron chi connectivity index (χ1n) is 9.60. The van der Waals surface area contributed by atoms with E-state index in [0.29, 0.717) is 6.42 Å². The van der Waals surface area contributed by atoms with Gasteiger partial charge in [-0.05, 0) is 42.2 Å². The minimum atomic E-state index is 0.182. The zero-order valence-electron chi connectivity index (χ0n) is 15.0. The van der Waals surface area contributed by atoms with Crippen LogP contribution >= 0.6 is 0 Å². The van der Waals surface area contributed by atoms with E-state index >= 15 is 0 Å². The predicted molar refractivity (Wildman–Crippen MR) is 103 cm³/mol. The molecule has 1 aliphatic rings. The Morgan fingerprint density at radius 3 is 2.08 bits per heavy atom. The maximum atomic E-state index is 12.3. The Kier molecular flexibility index (Phi) is 6.27. The van der Waals surface area contributed by atoms with E-state index in [1.807, 2.05) is 18.2 Å². The monoisotopic (exact) mass is 335 g/mol. The fourth-order valence-corrected chi connectivity index (χ4v) is 4.02. The minimum Gasteiger partial charge on any atom is -0.356 e. The highest BCUT2D eigenvalue weighted by Gasteiger charge is 2.32. The van der Waals surface area contributed by atoms with Crippen LogP contribution in [0.3, 0.4) is 0 Å². The average molecular weight is 335 g/mol. The van der Waals surface area contributed by atoms with Crippen LogP contribution in [0.5, 0.6) is 0 Å². The normalized spacial score (nSPS) is 16.3. The van der Waals surface area contributed by atoms with Crippen molar-refractivity contribution in [1.29, 1.82) is 0 Å². The highest BCUT2D eigenvalue weighted by atomic mass is 16.1. The van der Waals surface area contributed by atoms with Crippen LogP contribution in [0, 0.1) is 5.41 Å². The van der Waals surface area contributed by atoms with E-state index in [9.17, 15) is 4.79 Å². The van der Waals surface area contributed by atoms with Crippen molar-refractivity contribution in [2.45, 2.75) is 51.4 Å². The first kappa shape index (κ1) is 17.7. The van der Waals surface area contributed by atoms with E-state index in [1.165, 1.54) is 43.2 Å². The van der Waals surface area contributed by atoms with Crippen molar-refractivity contribution in [3.05, 3.63) is 71.8 Å². The van der Waals surface area contributed by atoms with Crippen molar-refractivity contribution in [2.24, 2.45) is 5.41 Å². The molecule has 1 fully saturated rings. The van der Waals surface area contributed by atoms with Gasteiger partial charge in [0.2, 0.25) is 5.91 Å². The van der Waals surface area contributed by atoms with Gasteiger partial charge in [-0.25, -0.2) is 0 Å². The maximum absolute atomic E-state index is 12.3. The van der Waals surface area contributed by atoms with Gasteiger partial charge in [-0.2, -0.15) is 0 Å². The number of benzene rings is 2. The lowest BCUT2D eigenvalue weighted by atomic mass is 9.70. The van der Waals surface area contributed by atoms with Crippen LogP contribution in [0.1, 0.15) is 49.7 Å². The molecule has 2 aromatic rings. The second-order valence-electron chi connectivity index (χ2n) is 7.49. The Morgan fingerprint density at radius 2 is 1.44 bits per heavy atom.